The van der Waals surface area contributed by atoms with E-state index in [0.717, 1.165) is 30.0 Å². The van der Waals surface area contributed by atoms with Gasteiger partial charge in [0, 0.05) is 36.9 Å². The number of nitrogens with zero attached hydrogens (tertiary/aromatic N) is 4. The van der Waals surface area contributed by atoms with Gasteiger partial charge in [-0.2, -0.15) is 5.10 Å². The number of amides is 3. The number of carbonyl (C=O) groups excluding carboxylic acids is 2. The van der Waals surface area contributed by atoms with E-state index < -0.39 is 6.04 Å². The normalized spacial score (nSPS) is 21.2. The molecule has 2 N–H and O–H groups in total. The predicted molar refractivity (Wildman–Crippen MR) is 103 cm³/mol. The molecule has 4 rings (SSSR count). The summed E-state index contributed by atoms with van der Waals surface area (Å²) < 4.78 is 1.67. The molecule has 1 aliphatic carbocycles. The zero-order valence-corrected chi connectivity index (χ0v) is 16.3. The summed E-state index contributed by atoms with van der Waals surface area (Å²) in [5.74, 6) is 0.958. The molecule has 2 fully saturated rings. The van der Waals surface area contributed by atoms with Crippen LogP contribution >= 0.6 is 11.3 Å². The molecule has 3 heterocycles. The Balaban J connectivity index is 1.40. The molecule has 8 nitrogen and oxygen atoms in total. The quantitative estimate of drug-likeness (QED) is 0.821. The second kappa shape index (κ2) is 7.30. The van der Waals surface area contributed by atoms with E-state index >= 15 is 0 Å². The Kier molecular flexibility index (Phi) is 4.86. The molecule has 0 radical (unpaired) electrons. The van der Waals surface area contributed by atoms with Crippen molar-refractivity contribution in [1.82, 2.24) is 25.4 Å². The fourth-order valence-corrected chi connectivity index (χ4v) is 4.39. The van der Waals surface area contributed by atoms with E-state index in [2.05, 4.69) is 20.7 Å². The Bertz CT molecular complexity index is 843. The first-order valence-corrected chi connectivity index (χ1v) is 10.2. The van der Waals surface area contributed by atoms with E-state index in [1.807, 2.05) is 31.6 Å². The van der Waals surface area contributed by atoms with Crippen molar-refractivity contribution < 1.29 is 9.59 Å². The summed E-state index contributed by atoms with van der Waals surface area (Å²) in [6, 6.07) is 0.905. The van der Waals surface area contributed by atoms with Gasteiger partial charge < -0.3 is 10.6 Å². The highest BCUT2D eigenvalue weighted by atomic mass is 32.1. The maximum atomic E-state index is 12.8. The fraction of sp³-hybridized carbons (Fsp3) is 0.556. The second-order valence-electron chi connectivity index (χ2n) is 7.29. The molecule has 0 aromatic carbocycles. The monoisotopic (exact) mass is 388 g/mol. The lowest BCUT2D eigenvalue weighted by atomic mass is 10.0. The summed E-state index contributed by atoms with van der Waals surface area (Å²) in [7, 11) is 1.82. The molecule has 144 valence electrons. The van der Waals surface area contributed by atoms with Crippen LogP contribution in [0.2, 0.25) is 0 Å². The largest absolute Gasteiger partial charge is 0.329 e. The number of hydrogen-bond donors (Lipinski definition) is 2. The number of aryl methyl sites for hydroxylation is 2. The first kappa shape index (κ1) is 18.0. The number of rotatable bonds is 5. The van der Waals surface area contributed by atoms with Gasteiger partial charge in [-0.25, -0.2) is 9.78 Å². The minimum atomic E-state index is -0.529. The molecule has 2 aliphatic rings. The van der Waals surface area contributed by atoms with E-state index in [1.54, 1.807) is 20.9 Å². The van der Waals surface area contributed by atoms with Gasteiger partial charge >= 0.3 is 6.03 Å². The van der Waals surface area contributed by atoms with E-state index in [-0.39, 0.29) is 18.0 Å². The van der Waals surface area contributed by atoms with Crippen LogP contribution in [0.4, 0.5) is 10.6 Å². The number of anilines is 1. The molecule has 1 aliphatic heterocycles. The van der Waals surface area contributed by atoms with Crippen LogP contribution in [0.5, 0.6) is 0 Å². The van der Waals surface area contributed by atoms with Crippen molar-refractivity contribution in [2.45, 2.75) is 44.7 Å². The van der Waals surface area contributed by atoms with E-state index in [9.17, 15) is 9.59 Å². The molecule has 1 saturated heterocycles. The first-order valence-electron chi connectivity index (χ1n) is 9.31. The zero-order valence-electron chi connectivity index (χ0n) is 15.5. The van der Waals surface area contributed by atoms with Gasteiger partial charge in [-0.05, 0) is 38.5 Å². The molecule has 0 unspecified atom stereocenters. The second-order valence-corrected chi connectivity index (χ2v) is 8.18. The highest BCUT2D eigenvalue weighted by Gasteiger charge is 2.37. The smallest absolute Gasteiger partial charge is 0.316 e. The van der Waals surface area contributed by atoms with Gasteiger partial charge in [0.1, 0.15) is 11.0 Å². The number of carbonyl (C=O) groups is 2. The molecule has 0 bridgehead atoms. The Morgan fingerprint density at radius 3 is 2.81 bits per heavy atom. The van der Waals surface area contributed by atoms with Crippen LogP contribution in [0.25, 0.3) is 0 Å². The van der Waals surface area contributed by atoms with Crippen molar-refractivity contribution in [1.29, 1.82) is 0 Å². The number of hydrogen-bond acceptors (Lipinski definition) is 5. The van der Waals surface area contributed by atoms with Crippen molar-refractivity contribution in [3.05, 3.63) is 28.3 Å². The predicted octanol–water partition coefficient (Wildman–Crippen LogP) is 2.13. The van der Waals surface area contributed by atoms with Crippen molar-refractivity contribution in [2.75, 3.05) is 11.4 Å². The molecule has 2 atom stereocenters. The molecule has 3 amide bonds. The summed E-state index contributed by atoms with van der Waals surface area (Å²) in [5.41, 5.74) is 0.969. The molecule has 27 heavy (non-hydrogen) atoms. The van der Waals surface area contributed by atoms with Crippen LogP contribution in [-0.2, 0) is 11.8 Å². The maximum Gasteiger partial charge on any atom is 0.316 e. The third kappa shape index (κ3) is 3.97. The first-order chi connectivity index (χ1) is 13.0. The van der Waals surface area contributed by atoms with E-state index in [1.165, 1.54) is 0 Å². The van der Waals surface area contributed by atoms with Gasteiger partial charge in [0.05, 0.1) is 6.04 Å². The minimum Gasteiger partial charge on any atom is -0.329 e. The number of thiazole rings is 1. The summed E-state index contributed by atoms with van der Waals surface area (Å²) in [6.07, 6.45) is 5.46. The Morgan fingerprint density at radius 2 is 2.19 bits per heavy atom. The van der Waals surface area contributed by atoms with Gasteiger partial charge in [-0.15, -0.1) is 11.3 Å². The number of urea groups is 1. The van der Waals surface area contributed by atoms with Gasteiger partial charge in [-0.3, -0.25) is 14.4 Å². The standard InChI is InChI=1S/C18H24N6O2S/c1-11-10-27-16(19-11)15(12-5-6-12)21-18(26)20-13-4-3-8-24(17(13)25)14-7-9-23(2)22-14/h7,9-10,12-13,15H,3-6,8H2,1-2H3,(H2,20,21,26)/t13-,15+/m0/s1. The average molecular weight is 388 g/mol. The van der Waals surface area contributed by atoms with Crippen LogP contribution in [0.3, 0.4) is 0 Å². The average Bonchev–Trinajstić information content (AvgIpc) is 3.25. The SMILES string of the molecule is Cc1csc([C@H](NC(=O)N[C@H]2CCCN(c3ccn(C)n3)C2=O)C2CC2)n1. The zero-order chi connectivity index (χ0) is 19.0. The molecular formula is C18H24N6O2S. The number of piperidine rings is 1. The molecule has 2 aromatic rings. The van der Waals surface area contributed by atoms with Crippen molar-refractivity contribution in [3.63, 3.8) is 0 Å². The van der Waals surface area contributed by atoms with Gasteiger partial charge in [0.2, 0.25) is 0 Å². The molecule has 1 saturated carbocycles. The lowest BCUT2D eigenvalue weighted by Gasteiger charge is -2.31. The van der Waals surface area contributed by atoms with Crippen molar-refractivity contribution in [3.8, 4) is 0 Å². The third-order valence-electron chi connectivity index (χ3n) is 5.00. The third-order valence-corrected chi connectivity index (χ3v) is 6.05. The maximum absolute atomic E-state index is 12.8. The highest BCUT2D eigenvalue weighted by Crippen LogP contribution is 2.41. The molecule has 0 spiro atoms. The molecule has 9 heteroatoms. The van der Waals surface area contributed by atoms with Crippen LogP contribution in [-0.4, -0.2) is 39.3 Å². The topological polar surface area (TPSA) is 92.2 Å². The summed E-state index contributed by atoms with van der Waals surface area (Å²) in [4.78, 5) is 31.6. The summed E-state index contributed by atoms with van der Waals surface area (Å²) in [5, 5.41) is 13.2. The van der Waals surface area contributed by atoms with E-state index in [4.69, 9.17) is 0 Å². The number of aromatic nitrogens is 3. The van der Waals surface area contributed by atoms with Crippen LogP contribution in [0.15, 0.2) is 17.6 Å². The van der Waals surface area contributed by atoms with Crippen molar-refractivity contribution in [2.24, 2.45) is 13.0 Å². The van der Waals surface area contributed by atoms with E-state index in [0.29, 0.717) is 24.7 Å². The van der Waals surface area contributed by atoms with Crippen molar-refractivity contribution >= 4 is 29.1 Å². The Hall–Kier alpha value is -2.42. The van der Waals surface area contributed by atoms with Gasteiger partial charge in [-0.1, -0.05) is 0 Å². The van der Waals surface area contributed by atoms with Gasteiger partial charge in [0.25, 0.3) is 5.91 Å². The minimum absolute atomic E-state index is 0.0747. The van der Waals surface area contributed by atoms with Crippen LogP contribution in [0.1, 0.15) is 42.4 Å². The van der Waals surface area contributed by atoms with Crippen LogP contribution < -0.4 is 15.5 Å². The summed E-state index contributed by atoms with van der Waals surface area (Å²) >= 11 is 1.58. The molecule has 2 aromatic heterocycles. The summed E-state index contributed by atoms with van der Waals surface area (Å²) in [6.45, 7) is 2.58. The lowest BCUT2D eigenvalue weighted by molar-refractivity contribution is -0.121. The Labute approximate surface area is 162 Å². The molecular weight excluding hydrogens is 364 g/mol. The highest BCUT2D eigenvalue weighted by molar-refractivity contribution is 7.09. The van der Waals surface area contributed by atoms with Gasteiger partial charge in [0.15, 0.2) is 5.82 Å². The fourth-order valence-electron chi connectivity index (χ4n) is 3.45. The Morgan fingerprint density at radius 1 is 1.37 bits per heavy atom. The van der Waals surface area contributed by atoms with Crippen LogP contribution in [0, 0.1) is 12.8 Å². The lowest BCUT2D eigenvalue weighted by Crippen LogP contribution is -2.55. The number of nitrogens with one attached hydrogen (secondary N) is 2.